The van der Waals surface area contributed by atoms with E-state index < -0.39 is 0 Å². The fourth-order valence-corrected chi connectivity index (χ4v) is 4.22. The molecule has 0 aliphatic heterocycles. The van der Waals surface area contributed by atoms with Gasteiger partial charge in [0.05, 0.1) is 19.3 Å². The lowest BCUT2D eigenvalue weighted by Crippen LogP contribution is -2.33. The van der Waals surface area contributed by atoms with Crippen molar-refractivity contribution in [2.24, 2.45) is 0 Å². The van der Waals surface area contributed by atoms with Crippen molar-refractivity contribution in [2.45, 2.75) is 38.9 Å². The van der Waals surface area contributed by atoms with E-state index in [2.05, 4.69) is 78.6 Å². The van der Waals surface area contributed by atoms with E-state index in [0.29, 0.717) is 13.2 Å². The summed E-state index contributed by atoms with van der Waals surface area (Å²) < 4.78 is 11.0. The van der Waals surface area contributed by atoms with Crippen molar-refractivity contribution >= 4 is 16.9 Å². The molecule has 4 nitrogen and oxygen atoms in total. The molecule has 164 valence electrons. The lowest BCUT2D eigenvalue weighted by atomic mass is 9.96. The molecule has 4 rings (SSSR count). The topological polar surface area (TPSA) is 42.7 Å². The standard InChI is InChI=1S/C28H29NO3/c1-3-31-28(30)19-26(25-15-14-24-16-17-32-27(24)18-25)29(20-22-10-6-4-7-11-22)21(2)23-12-8-5-9-13-23/h4-18,21,26H,3,19-20H2,1-2H3/t21-,26+/m1/s1. The molecule has 1 heterocycles. The van der Waals surface area contributed by atoms with Crippen LogP contribution in [-0.4, -0.2) is 17.5 Å². The molecule has 0 unspecified atom stereocenters. The van der Waals surface area contributed by atoms with Gasteiger partial charge in [0.2, 0.25) is 0 Å². The Kier molecular flexibility index (Phi) is 7.03. The Morgan fingerprint density at radius 2 is 1.66 bits per heavy atom. The van der Waals surface area contributed by atoms with Gasteiger partial charge in [-0.3, -0.25) is 9.69 Å². The average molecular weight is 428 g/mol. The van der Waals surface area contributed by atoms with Crippen molar-refractivity contribution in [2.75, 3.05) is 6.61 Å². The number of ether oxygens (including phenoxy) is 1. The largest absolute Gasteiger partial charge is 0.466 e. The molecule has 0 aliphatic rings. The van der Waals surface area contributed by atoms with Gasteiger partial charge in [-0.05, 0) is 42.7 Å². The number of carbonyl (C=O) groups is 1. The van der Waals surface area contributed by atoms with E-state index >= 15 is 0 Å². The van der Waals surface area contributed by atoms with E-state index in [1.54, 1.807) is 6.26 Å². The minimum atomic E-state index is -0.199. The van der Waals surface area contributed by atoms with Crippen LogP contribution in [0.4, 0.5) is 0 Å². The van der Waals surface area contributed by atoms with Gasteiger partial charge in [0.15, 0.2) is 0 Å². The molecule has 0 fully saturated rings. The van der Waals surface area contributed by atoms with Crippen LogP contribution in [0.3, 0.4) is 0 Å². The first-order valence-electron chi connectivity index (χ1n) is 11.1. The summed E-state index contributed by atoms with van der Waals surface area (Å²) in [5.41, 5.74) is 4.27. The molecule has 3 aromatic carbocycles. The van der Waals surface area contributed by atoms with E-state index in [0.717, 1.165) is 16.5 Å². The molecule has 0 radical (unpaired) electrons. The van der Waals surface area contributed by atoms with Gasteiger partial charge in [-0.25, -0.2) is 0 Å². The molecule has 0 amide bonds. The molecule has 4 aromatic rings. The number of esters is 1. The minimum absolute atomic E-state index is 0.0862. The van der Waals surface area contributed by atoms with Crippen LogP contribution in [0.25, 0.3) is 11.0 Å². The molecular formula is C28H29NO3. The molecule has 0 N–H and O–H groups in total. The van der Waals surface area contributed by atoms with E-state index in [9.17, 15) is 4.79 Å². The van der Waals surface area contributed by atoms with Crippen molar-refractivity contribution in [3.63, 3.8) is 0 Å². The van der Waals surface area contributed by atoms with Crippen molar-refractivity contribution in [1.82, 2.24) is 4.90 Å². The van der Waals surface area contributed by atoms with E-state index in [1.807, 2.05) is 25.1 Å². The number of fused-ring (bicyclic) bond motifs is 1. The van der Waals surface area contributed by atoms with Crippen LogP contribution in [0.2, 0.25) is 0 Å². The first-order chi connectivity index (χ1) is 15.7. The normalized spacial score (nSPS) is 13.2. The fraction of sp³-hybridized carbons (Fsp3) is 0.250. The summed E-state index contributed by atoms with van der Waals surface area (Å²) in [5, 5.41) is 1.05. The Balaban J connectivity index is 1.77. The van der Waals surface area contributed by atoms with Crippen LogP contribution < -0.4 is 0 Å². The predicted octanol–water partition coefficient (Wildman–Crippen LogP) is 6.69. The summed E-state index contributed by atoms with van der Waals surface area (Å²) in [7, 11) is 0. The van der Waals surface area contributed by atoms with Crippen LogP contribution in [-0.2, 0) is 16.1 Å². The maximum absolute atomic E-state index is 12.7. The number of carbonyl (C=O) groups excluding carboxylic acids is 1. The highest BCUT2D eigenvalue weighted by atomic mass is 16.5. The summed E-state index contributed by atoms with van der Waals surface area (Å²) in [4.78, 5) is 15.1. The summed E-state index contributed by atoms with van der Waals surface area (Å²) >= 11 is 0. The summed E-state index contributed by atoms with van der Waals surface area (Å²) in [6.45, 7) is 5.12. The molecule has 32 heavy (non-hydrogen) atoms. The smallest absolute Gasteiger partial charge is 0.307 e. The first kappa shape index (κ1) is 21.8. The molecular weight excluding hydrogens is 398 g/mol. The van der Waals surface area contributed by atoms with Gasteiger partial charge in [0.25, 0.3) is 0 Å². The first-order valence-corrected chi connectivity index (χ1v) is 11.1. The summed E-state index contributed by atoms with van der Waals surface area (Å²) in [6.07, 6.45) is 1.97. The van der Waals surface area contributed by atoms with Crippen LogP contribution in [0, 0.1) is 0 Å². The van der Waals surface area contributed by atoms with Gasteiger partial charge in [0.1, 0.15) is 5.58 Å². The molecule has 2 atom stereocenters. The predicted molar refractivity (Wildman–Crippen MR) is 127 cm³/mol. The maximum atomic E-state index is 12.7. The Hall–Kier alpha value is -3.37. The Labute approximate surface area is 189 Å². The molecule has 0 aliphatic carbocycles. The number of hydrogen-bond acceptors (Lipinski definition) is 4. The number of nitrogens with zero attached hydrogens (tertiary/aromatic N) is 1. The van der Waals surface area contributed by atoms with E-state index in [-0.39, 0.29) is 24.5 Å². The van der Waals surface area contributed by atoms with Gasteiger partial charge in [-0.2, -0.15) is 0 Å². The zero-order valence-corrected chi connectivity index (χ0v) is 18.6. The second-order valence-electron chi connectivity index (χ2n) is 7.99. The van der Waals surface area contributed by atoms with Gasteiger partial charge < -0.3 is 9.15 Å². The van der Waals surface area contributed by atoms with Gasteiger partial charge in [0, 0.05) is 24.0 Å². The molecule has 1 aromatic heterocycles. The number of benzene rings is 3. The van der Waals surface area contributed by atoms with Crippen LogP contribution in [0.15, 0.2) is 95.6 Å². The second kappa shape index (κ2) is 10.3. The highest BCUT2D eigenvalue weighted by Gasteiger charge is 2.29. The number of rotatable bonds is 9. The third-order valence-corrected chi connectivity index (χ3v) is 5.92. The number of furan rings is 1. The minimum Gasteiger partial charge on any atom is -0.466 e. The van der Waals surface area contributed by atoms with E-state index in [1.165, 1.54) is 11.1 Å². The molecule has 4 heteroatoms. The zero-order valence-electron chi connectivity index (χ0n) is 18.6. The van der Waals surface area contributed by atoms with Crippen molar-refractivity contribution in [3.8, 4) is 0 Å². The Morgan fingerprint density at radius 1 is 0.938 bits per heavy atom. The third kappa shape index (κ3) is 5.09. The quantitative estimate of drug-likeness (QED) is 0.279. The summed E-state index contributed by atoms with van der Waals surface area (Å²) in [6, 6.07) is 28.9. The van der Waals surface area contributed by atoms with Gasteiger partial charge in [-0.15, -0.1) is 0 Å². The SMILES string of the molecule is CCOC(=O)C[C@@H](c1ccc2ccoc2c1)N(Cc1ccccc1)[C@H](C)c1ccccc1. The maximum Gasteiger partial charge on any atom is 0.307 e. The molecule has 0 saturated carbocycles. The lowest BCUT2D eigenvalue weighted by Gasteiger charge is -2.37. The van der Waals surface area contributed by atoms with Crippen molar-refractivity contribution in [3.05, 3.63) is 108 Å². The van der Waals surface area contributed by atoms with Gasteiger partial charge in [-0.1, -0.05) is 72.8 Å². The Morgan fingerprint density at radius 3 is 2.38 bits per heavy atom. The zero-order chi connectivity index (χ0) is 22.3. The molecule has 0 bridgehead atoms. The van der Waals surface area contributed by atoms with E-state index in [4.69, 9.17) is 9.15 Å². The average Bonchev–Trinajstić information content (AvgIpc) is 3.30. The highest BCUT2D eigenvalue weighted by Crippen LogP contribution is 2.36. The van der Waals surface area contributed by atoms with Crippen LogP contribution in [0.1, 0.15) is 49.0 Å². The molecule has 0 spiro atoms. The van der Waals surface area contributed by atoms with Crippen LogP contribution >= 0.6 is 0 Å². The third-order valence-electron chi connectivity index (χ3n) is 5.92. The van der Waals surface area contributed by atoms with Crippen molar-refractivity contribution < 1.29 is 13.9 Å². The lowest BCUT2D eigenvalue weighted by molar-refractivity contribution is -0.145. The highest BCUT2D eigenvalue weighted by molar-refractivity contribution is 5.78. The van der Waals surface area contributed by atoms with Crippen LogP contribution in [0.5, 0.6) is 0 Å². The van der Waals surface area contributed by atoms with Gasteiger partial charge >= 0.3 is 5.97 Å². The fourth-order valence-electron chi connectivity index (χ4n) is 4.22. The molecule has 0 saturated heterocycles. The second-order valence-corrected chi connectivity index (χ2v) is 7.99. The summed E-state index contributed by atoms with van der Waals surface area (Å²) in [5.74, 6) is -0.199. The monoisotopic (exact) mass is 427 g/mol. The van der Waals surface area contributed by atoms with Crippen molar-refractivity contribution in [1.29, 1.82) is 0 Å². The number of hydrogen-bond donors (Lipinski definition) is 0. The Bertz CT molecular complexity index is 1140.